The third kappa shape index (κ3) is 3.40. The summed E-state index contributed by atoms with van der Waals surface area (Å²) in [6.45, 7) is 2.53. The molecule has 0 aliphatic rings. The Morgan fingerprint density at radius 2 is 2.39 bits per heavy atom. The SMILES string of the molecule is Cc1cnn(CCC(=O)Nc2ncccc2Br)c1. The largest absolute Gasteiger partial charge is 0.310 e. The van der Waals surface area contributed by atoms with Crippen LogP contribution in [-0.4, -0.2) is 20.7 Å². The van der Waals surface area contributed by atoms with E-state index >= 15 is 0 Å². The Balaban J connectivity index is 1.88. The molecule has 18 heavy (non-hydrogen) atoms. The minimum Gasteiger partial charge on any atom is -0.310 e. The van der Waals surface area contributed by atoms with Gasteiger partial charge in [0, 0.05) is 25.4 Å². The van der Waals surface area contributed by atoms with Crippen molar-refractivity contribution in [3.63, 3.8) is 0 Å². The highest BCUT2D eigenvalue weighted by atomic mass is 79.9. The Bertz CT molecular complexity index is 553. The maximum Gasteiger partial charge on any atom is 0.227 e. The molecule has 2 aromatic heterocycles. The third-order valence-corrected chi connectivity index (χ3v) is 2.99. The number of pyridine rings is 1. The van der Waals surface area contributed by atoms with Gasteiger partial charge >= 0.3 is 0 Å². The van der Waals surface area contributed by atoms with Crippen molar-refractivity contribution in [3.05, 3.63) is 40.8 Å². The zero-order valence-electron chi connectivity index (χ0n) is 9.93. The Morgan fingerprint density at radius 1 is 1.56 bits per heavy atom. The van der Waals surface area contributed by atoms with Crippen molar-refractivity contribution in [1.82, 2.24) is 14.8 Å². The first-order chi connectivity index (χ1) is 8.65. The molecular weight excluding hydrogens is 296 g/mol. The van der Waals surface area contributed by atoms with E-state index in [-0.39, 0.29) is 5.91 Å². The molecule has 1 amide bonds. The fraction of sp³-hybridized carbons (Fsp3) is 0.250. The van der Waals surface area contributed by atoms with E-state index < -0.39 is 0 Å². The Morgan fingerprint density at radius 3 is 3.06 bits per heavy atom. The van der Waals surface area contributed by atoms with Crippen LogP contribution in [0.4, 0.5) is 5.82 Å². The minimum absolute atomic E-state index is 0.0810. The van der Waals surface area contributed by atoms with Crippen molar-refractivity contribution in [1.29, 1.82) is 0 Å². The Hall–Kier alpha value is -1.69. The average Bonchev–Trinajstić information content (AvgIpc) is 2.76. The summed E-state index contributed by atoms with van der Waals surface area (Å²) in [6, 6.07) is 3.63. The smallest absolute Gasteiger partial charge is 0.227 e. The van der Waals surface area contributed by atoms with E-state index in [1.165, 1.54) is 0 Å². The van der Waals surface area contributed by atoms with Crippen LogP contribution in [0.3, 0.4) is 0 Å². The molecule has 0 spiro atoms. The van der Waals surface area contributed by atoms with Gasteiger partial charge in [-0.05, 0) is 40.5 Å². The molecule has 2 rings (SSSR count). The number of nitrogens with one attached hydrogen (secondary N) is 1. The van der Waals surface area contributed by atoms with Gasteiger partial charge in [0.25, 0.3) is 0 Å². The number of rotatable bonds is 4. The summed E-state index contributed by atoms with van der Waals surface area (Å²) in [6.07, 6.45) is 5.68. The number of amides is 1. The van der Waals surface area contributed by atoms with Crippen molar-refractivity contribution < 1.29 is 4.79 Å². The maximum atomic E-state index is 11.7. The number of hydrogen-bond donors (Lipinski definition) is 1. The number of nitrogens with zero attached hydrogens (tertiary/aromatic N) is 3. The van der Waals surface area contributed by atoms with Crippen LogP contribution in [0.2, 0.25) is 0 Å². The van der Waals surface area contributed by atoms with Crippen LogP contribution in [0.1, 0.15) is 12.0 Å². The van der Waals surface area contributed by atoms with E-state index in [4.69, 9.17) is 0 Å². The van der Waals surface area contributed by atoms with Gasteiger partial charge in [0.2, 0.25) is 5.91 Å². The molecule has 0 aliphatic carbocycles. The third-order valence-electron chi connectivity index (χ3n) is 2.35. The van der Waals surface area contributed by atoms with E-state index in [2.05, 4.69) is 31.3 Å². The second kappa shape index (κ2) is 5.77. The number of aromatic nitrogens is 3. The lowest BCUT2D eigenvalue weighted by Crippen LogP contribution is -2.15. The predicted octanol–water partition coefficient (Wildman–Crippen LogP) is 2.38. The van der Waals surface area contributed by atoms with Crippen molar-refractivity contribution in [2.24, 2.45) is 0 Å². The lowest BCUT2D eigenvalue weighted by Gasteiger charge is -2.06. The zero-order valence-corrected chi connectivity index (χ0v) is 11.5. The molecule has 5 nitrogen and oxygen atoms in total. The number of hydrogen-bond acceptors (Lipinski definition) is 3. The van der Waals surface area contributed by atoms with Crippen LogP contribution in [-0.2, 0) is 11.3 Å². The highest BCUT2D eigenvalue weighted by Gasteiger charge is 2.06. The second-order valence-electron chi connectivity index (χ2n) is 3.91. The zero-order chi connectivity index (χ0) is 13.0. The number of carbonyl (C=O) groups excluding carboxylic acids is 1. The molecule has 0 saturated carbocycles. The predicted molar refractivity (Wildman–Crippen MR) is 72.1 cm³/mol. The molecule has 94 valence electrons. The van der Waals surface area contributed by atoms with Crippen molar-refractivity contribution in [2.75, 3.05) is 5.32 Å². The molecule has 0 atom stereocenters. The lowest BCUT2D eigenvalue weighted by molar-refractivity contribution is -0.116. The minimum atomic E-state index is -0.0810. The summed E-state index contributed by atoms with van der Waals surface area (Å²) in [5.41, 5.74) is 1.09. The topological polar surface area (TPSA) is 59.8 Å². The summed E-state index contributed by atoms with van der Waals surface area (Å²) >= 11 is 3.33. The van der Waals surface area contributed by atoms with Crippen LogP contribution in [0.5, 0.6) is 0 Å². The standard InChI is InChI=1S/C12H13BrN4O/c1-9-7-15-17(8-9)6-4-11(18)16-12-10(13)3-2-5-14-12/h2-3,5,7-8H,4,6H2,1H3,(H,14,16,18). The summed E-state index contributed by atoms with van der Waals surface area (Å²) in [4.78, 5) is 15.8. The van der Waals surface area contributed by atoms with Gasteiger partial charge in [0.15, 0.2) is 0 Å². The van der Waals surface area contributed by atoms with Crippen LogP contribution in [0, 0.1) is 6.92 Å². The lowest BCUT2D eigenvalue weighted by atomic mass is 10.4. The summed E-state index contributed by atoms with van der Waals surface area (Å²) in [5, 5.41) is 6.87. The molecule has 1 N–H and O–H groups in total. The van der Waals surface area contributed by atoms with Crippen molar-refractivity contribution >= 4 is 27.7 Å². The molecule has 6 heteroatoms. The fourth-order valence-corrected chi connectivity index (χ4v) is 1.83. The van der Waals surface area contributed by atoms with Crippen molar-refractivity contribution in [3.8, 4) is 0 Å². The fourth-order valence-electron chi connectivity index (χ4n) is 1.48. The molecule has 0 aromatic carbocycles. The van der Waals surface area contributed by atoms with Gasteiger partial charge in [-0.1, -0.05) is 0 Å². The quantitative estimate of drug-likeness (QED) is 0.943. The summed E-state index contributed by atoms with van der Waals surface area (Å²) in [5.74, 6) is 0.460. The van der Waals surface area contributed by atoms with Crippen LogP contribution in [0.25, 0.3) is 0 Å². The van der Waals surface area contributed by atoms with Gasteiger partial charge in [-0.2, -0.15) is 5.10 Å². The number of anilines is 1. The first-order valence-electron chi connectivity index (χ1n) is 5.54. The van der Waals surface area contributed by atoms with E-state index in [1.54, 1.807) is 23.1 Å². The number of carbonyl (C=O) groups is 1. The van der Waals surface area contributed by atoms with Gasteiger partial charge in [-0.3, -0.25) is 9.48 Å². The van der Waals surface area contributed by atoms with Gasteiger partial charge in [0.1, 0.15) is 5.82 Å². The molecule has 0 bridgehead atoms. The molecule has 2 heterocycles. The summed E-state index contributed by atoms with van der Waals surface area (Å²) in [7, 11) is 0. The van der Waals surface area contributed by atoms with Gasteiger partial charge in [-0.25, -0.2) is 4.98 Å². The van der Waals surface area contributed by atoms with Gasteiger partial charge in [-0.15, -0.1) is 0 Å². The van der Waals surface area contributed by atoms with E-state index in [0.717, 1.165) is 10.0 Å². The van der Waals surface area contributed by atoms with Gasteiger partial charge < -0.3 is 5.32 Å². The summed E-state index contributed by atoms with van der Waals surface area (Å²) < 4.78 is 2.52. The van der Waals surface area contributed by atoms with Gasteiger partial charge in [0.05, 0.1) is 10.7 Å². The first kappa shape index (κ1) is 12.8. The molecule has 0 fully saturated rings. The Labute approximate surface area is 113 Å². The van der Waals surface area contributed by atoms with E-state index in [1.807, 2.05) is 19.2 Å². The highest BCUT2D eigenvalue weighted by Crippen LogP contribution is 2.18. The molecule has 2 aromatic rings. The van der Waals surface area contributed by atoms with Crippen LogP contribution < -0.4 is 5.32 Å². The molecule has 0 unspecified atom stereocenters. The molecule has 0 radical (unpaired) electrons. The van der Waals surface area contributed by atoms with Crippen LogP contribution >= 0.6 is 15.9 Å². The highest BCUT2D eigenvalue weighted by molar-refractivity contribution is 9.10. The average molecular weight is 309 g/mol. The monoisotopic (exact) mass is 308 g/mol. The first-order valence-corrected chi connectivity index (χ1v) is 6.34. The molecule has 0 saturated heterocycles. The molecule has 0 aliphatic heterocycles. The Kier molecular flexibility index (Phi) is 4.09. The van der Waals surface area contributed by atoms with Crippen molar-refractivity contribution in [2.45, 2.75) is 19.9 Å². The second-order valence-corrected chi connectivity index (χ2v) is 4.77. The number of halogens is 1. The normalized spacial score (nSPS) is 10.3. The molecular formula is C12H13BrN4O. The van der Waals surface area contributed by atoms with E-state index in [0.29, 0.717) is 18.8 Å². The van der Waals surface area contributed by atoms with E-state index in [9.17, 15) is 4.79 Å². The number of aryl methyl sites for hydroxylation is 2. The van der Waals surface area contributed by atoms with Crippen LogP contribution in [0.15, 0.2) is 35.2 Å². The maximum absolute atomic E-state index is 11.7.